The Bertz CT molecular complexity index is 559. The van der Waals surface area contributed by atoms with Crippen molar-refractivity contribution in [2.45, 2.75) is 64.7 Å². The Kier molecular flexibility index (Phi) is 7.28. The third-order valence-corrected chi connectivity index (χ3v) is 4.54. The molecule has 1 nitrogen and oxygen atoms in total. The van der Waals surface area contributed by atoms with Crippen LogP contribution < -0.4 is 5.32 Å². The molecule has 2 aromatic carbocycles. The molecular formula is C21H31N. The van der Waals surface area contributed by atoms with Gasteiger partial charge in [-0.3, -0.25) is 0 Å². The molecule has 0 spiro atoms. The molecule has 0 fully saturated rings. The van der Waals surface area contributed by atoms with Gasteiger partial charge in [0.15, 0.2) is 0 Å². The minimum atomic E-state index is 1.20. The van der Waals surface area contributed by atoms with Crippen LogP contribution in [0.3, 0.4) is 0 Å². The highest BCUT2D eigenvalue weighted by atomic mass is 14.8. The SMILES string of the molecule is CCCCCCCCCCc1cc(NC)cc2ccccc12. The van der Waals surface area contributed by atoms with E-state index in [0.717, 1.165) is 0 Å². The van der Waals surface area contributed by atoms with Crippen LogP contribution in [0.1, 0.15) is 63.9 Å². The van der Waals surface area contributed by atoms with E-state index < -0.39 is 0 Å². The molecule has 0 aliphatic heterocycles. The fourth-order valence-corrected chi connectivity index (χ4v) is 3.19. The molecule has 0 atom stereocenters. The van der Waals surface area contributed by atoms with Crippen LogP contribution in [0.15, 0.2) is 36.4 Å². The van der Waals surface area contributed by atoms with Crippen molar-refractivity contribution in [3.8, 4) is 0 Å². The normalized spacial score (nSPS) is 11.0. The average molecular weight is 297 g/mol. The molecule has 120 valence electrons. The van der Waals surface area contributed by atoms with E-state index in [1.807, 2.05) is 7.05 Å². The highest BCUT2D eigenvalue weighted by Crippen LogP contribution is 2.25. The molecule has 0 aromatic heterocycles. The summed E-state index contributed by atoms with van der Waals surface area (Å²) in [4.78, 5) is 0. The maximum atomic E-state index is 3.29. The lowest BCUT2D eigenvalue weighted by molar-refractivity contribution is 0.576. The number of nitrogens with one attached hydrogen (secondary N) is 1. The lowest BCUT2D eigenvalue weighted by Gasteiger charge is -2.10. The Balaban J connectivity index is 1.83. The first-order valence-electron chi connectivity index (χ1n) is 9.04. The van der Waals surface area contributed by atoms with Crippen molar-refractivity contribution < 1.29 is 0 Å². The zero-order valence-electron chi connectivity index (χ0n) is 14.3. The summed E-state index contributed by atoms with van der Waals surface area (Å²) in [6, 6.07) is 13.3. The second kappa shape index (κ2) is 9.50. The fraction of sp³-hybridized carbons (Fsp3) is 0.524. The van der Waals surface area contributed by atoms with Gasteiger partial charge in [-0.05, 0) is 41.3 Å². The monoisotopic (exact) mass is 297 g/mol. The largest absolute Gasteiger partial charge is 0.388 e. The Morgan fingerprint density at radius 1 is 0.818 bits per heavy atom. The van der Waals surface area contributed by atoms with Gasteiger partial charge in [0.05, 0.1) is 0 Å². The smallest absolute Gasteiger partial charge is 0.0346 e. The van der Waals surface area contributed by atoms with Gasteiger partial charge in [0.25, 0.3) is 0 Å². The van der Waals surface area contributed by atoms with Crippen LogP contribution in [-0.4, -0.2) is 7.05 Å². The molecule has 0 heterocycles. The summed E-state index contributed by atoms with van der Waals surface area (Å²) in [5, 5.41) is 6.06. The van der Waals surface area contributed by atoms with Gasteiger partial charge in [-0.15, -0.1) is 0 Å². The minimum Gasteiger partial charge on any atom is -0.388 e. The number of benzene rings is 2. The molecule has 0 aliphatic rings. The van der Waals surface area contributed by atoms with E-state index in [2.05, 4.69) is 48.6 Å². The van der Waals surface area contributed by atoms with E-state index in [-0.39, 0.29) is 0 Å². The molecule has 0 saturated carbocycles. The number of fused-ring (bicyclic) bond motifs is 1. The first kappa shape index (κ1) is 16.9. The Hall–Kier alpha value is -1.50. The van der Waals surface area contributed by atoms with E-state index in [1.54, 1.807) is 0 Å². The summed E-state index contributed by atoms with van der Waals surface area (Å²) < 4.78 is 0. The first-order chi connectivity index (χ1) is 10.8. The molecule has 0 aliphatic carbocycles. The van der Waals surface area contributed by atoms with Crippen molar-refractivity contribution in [2.24, 2.45) is 0 Å². The predicted molar refractivity (Wildman–Crippen MR) is 99.8 cm³/mol. The van der Waals surface area contributed by atoms with Crippen LogP contribution in [0.4, 0.5) is 5.69 Å². The summed E-state index contributed by atoms with van der Waals surface area (Å²) in [5.41, 5.74) is 2.72. The Morgan fingerprint density at radius 2 is 1.50 bits per heavy atom. The molecule has 22 heavy (non-hydrogen) atoms. The number of rotatable bonds is 10. The number of anilines is 1. The Labute approximate surface area is 136 Å². The van der Waals surface area contributed by atoms with E-state index in [1.165, 1.54) is 79.8 Å². The minimum absolute atomic E-state index is 1.20. The van der Waals surface area contributed by atoms with Gasteiger partial charge in [-0.2, -0.15) is 0 Å². The molecule has 2 rings (SSSR count). The number of hydrogen-bond donors (Lipinski definition) is 1. The highest BCUT2D eigenvalue weighted by molar-refractivity contribution is 5.89. The van der Waals surface area contributed by atoms with Gasteiger partial charge < -0.3 is 5.32 Å². The zero-order chi connectivity index (χ0) is 15.6. The maximum absolute atomic E-state index is 3.29. The topological polar surface area (TPSA) is 12.0 Å². The van der Waals surface area contributed by atoms with Gasteiger partial charge in [-0.1, -0.05) is 76.1 Å². The van der Waals surface area contributed by atoms with Crippen LogP contribution >= 0.6 is 0 Å². The lowest BCUT2D eigenvalue weighted by Crippen LogP contribution is -1.93. The van der Waals surface area contributed by atoms with E-state index in [4.69, 9.17) is 0 Å². The molecule has 0 amide bonds. The number of aryl methyl sites for hydroxylation is 1. The third-order valence-electron chi connectivity index (χ3n) is 4.54. The van der Waals surface area contributed by atoms with Crippen LogP contribution in [0.25, 0.3) is 10.8 Å². The second-order valence-corrected chi connectivity index (χ2v) is 6.33. The molecule has 0 bridgehead atoms. The summed E-state index contributed by atoms with van der Waals surface area (Å²) in [6.07, 6.45) is 12.3. The van der Waals surface area contributed by atoms with E-state index in [0.29, 0.717) is 0 Å². The van der Waals surface area contributed by atoms with Gasteiger partial charge in [0, 0.05) is 12.7 Å². The Morgan fingerprint density at radius 3 is 2.23 bits per heavy atom. The lowest BCUT2D eigenvalue weighted by atomic mass is 9.98. The molecule has 2 aromatic rings. The molecule has 0 saturated heterocycles. The van der Waals surface area contributed by atoms with Gasteiger partial charge in [0.1, 0.15) is 0 Å². The fourth-order valence-electron chi connectivity index (χ4n) is 3.19. The number of hydrogen-bond acceptors (Lipinski definition) is 1. The molecule has 1 heteroatoms. The third kappa shape index (κ3) is 5.05. The molecule has 1 N–H and O–H groups in total. The highest BCUT2D eigenvalue weighted by Gasteiger charge is 2.03. The molecular weight excluding hydrogens is 266 g/mol. The van der Waals surface area contributed by atoms with Crippen LogP contribution in [0, 0.1) is 0 Å². The zero-order valence-corrected chi connectivity index (χ0v) is 14.3. The van der Waals surface area contributed by atoms with Gasteiger partial charge in [0.2, 0.25) is 0 Å². The maximum Gasteiger partial charge on any atom is 0.0346 e. The van der Waals surface area contributed by atoms with Crippen LogP contribution in [-0.2, 0) is 6.42 Å². The second-order valence-electron chi connectivity index (χ2n) is 6.33. The average Bonchev–Trinajstić information content (AvgIpc) is 2.56. The van der Waals surface area contributed by atoms with Crippen molar-refractivity contribution >= 4 is 16.5 Å². The van der Waals surface area contributed by atoms with Crippen LogP contribution in [0.5, 0.6) is 0 Å². The van der Waals surface area contributed by atoms with Crippen molar-refractivity contribution in [3.05, 3.63) is 42.0 Å². The summed E-state index contributed by atoms with van der Waals surface area (Å²) >= 11 is 0. The number of unbranched alkanes of at least 4 members (excludes halogenated alkanes) is 7. The molecule has 0 radical (unpaired) electrons. The first-order valence-corrected chi connectivity index (χ1v) is 9.04. The summed E-state index contributed by atoms with van der Waals surface area (Å²) in [6.45, 7) is 2.28. The van der Waals surface area contributed by atoms with E-state index >= 15 is 0 Å². The van der Waals surface area contributed by atoms with Crippen molar-refractivity contribution in [1.29, 1.82) is 0 Å². The van der Waals surface area contributed by atoms with Crippen molar-refractivity contribution in [1.82, 2.24) is 0 Å². The van der Waals surface area contributed by atoms with Gasteiger partial charge in [-0.25, -0.2) is 0 Å². The molecule has 0 unspecified atom stereocenters. The summed E-state index contributed by atoms with van der Waals surface area (Å²) in [7, 11) is 2.00. The standard InChI is InChI=1S/C21H31N/c1-3-4-5-6-7-8-9-10-13-18-16-20(22-2)17-19-14-11-12-15-21(18)19/h11-12,14-17,22H,3-10,13H2,1-2H3. The predicted octanol–water partition coefficient (Wildman–Crippen LogP) is 6.56. The van der Waals surface area contributed by atoms with Crippen molar-refractivity contribution in [3.63, 3.8) is 0 Å². The van der Waals surface area contributed by atoms with E-state index in [9.17, 15) is 0 Å². The summed E-state index contributed by atoms with van der Waals surface area (Å²) in [5.74, 6) is 0. The van der Waals surface area contributed by atoms with Crippen molar-refractivity contribution in [2.75, 3.05) is 12.4 Å². The quantitative estimate of drug-likeness (QED) is 0.489. The van der Waals surface area contributed by atoms with Crippen LogP contribution in [0.2, 0.25) is 0 Å². The van der Waals surface area contributed by atoms with Gasteiger partial charge >= 0.3 is 0 Å².